The monoisotopic (exact) mass is 385 g/mol. The average molecular weight is 386 g/mol. The Balaban J connectivity index is 2.21. The highest BCUT2D eigenvalue weighted by Gasteiger charge is 2.33. The van der Waals surface area contributed by atoms with Crippen molar-refractivity contribution in [2.45, 2.75) is 45.3 Å². The zero-order valence-corrected chi connectivity index (χ0v) is 15.2. The van der Waals surface area contributed by atoms with E-state index in [1.165, 1.54) is 12.1 Å². The van der Waals surface area contributed by atoms with Crippen LogP contribution in [0.5, 0.6) is 0 Å². The second-order valence-corrected chi connectivity index (χ2v) is 7.19. The molecule has 0 aromatic heterocycles. The van der Waals surface area contributed by atoms with Crippen LogP contribution in [0.3, 0.4) is 0 Å². The van der Waals surface area contributed by atoms with Gasteiger partial charge in [-0.1, -0.05) is 22.0 Å². The molecule has 0 unspecified atom stereocenters. The van der Waals surface area contributed by atoms with Crippen molar-refractivity contribution in [1.29, 1.82) is 0 Å². The first-order valence-corrected chi connectivity index (χ1v) is 8.73. The standard InChI is InChI=1S/C17H21BrFNO3/c1-17(2,3)23-16(22)20-8-4-5-14(20)11-6-7-12(13(19)9-11)15(21)10-18/h6-7,9,14H,4-5,8,10H2,1-3H3/t14-/m0/s1. The largest absolute Gasteiger partial charge is 0.444 e. The van der Waals surface area contributed by atoms with Gasteiger partial charge in [-0.2, -0.15) is 0 Å². The smallest absolute Gasteiger partial charge is 0.410 e. The van der Waals surface area contributed by atoms with Crippen LogP contribution < -0.4 is 0 Å². The summed E-state index contributed by atoms with van der Waals surface area (Å²) in [5.74, 6) is -0.854. The number of amides is 1. The first kappa shape index (κ1) is 17.9. The van der Waals surface area contributed by atoms with Gasteiger partial charge in [-0.25, -0.2) is 9.18 Å². The van der Waals surface area contributed by atoms with Crippen molar-refractivity contribution in [2.24, 2.45) is 0 Å². The minimum absolute atomic E-state index is 0.0624. The Kier molecular flexibility index (Phi) is 5.45. The Morgan fingerprint density at radius 3 is 2.65 bits per heavy atom. The van der Waals surface area contributed by atoms with Gasteiger partial charge in [0.25, 0.3) is 0 Å². The number of hydrogen-bond acceptors (Lipinski definition) is 3. The van der Waals surface area contributed by atoms with Crippen LogP contribution in [0.4, 0.5) is 9.18 Å². The molecule has 1 atom stereocenters. The number of likely N-dealkylation sites (tertiary alicyclic amines) is 1. The van der Waals surface area contributed by atoms with Gasteiger partial charge in [0, 0.05) is 6.54 Å². The number of Topliss-reactive ketones (excluding diaryl/α,β-unsaturated/α-hetero) is 1. The molecule has 0 bridgehead atoms. The number of halogens is 2. The van der Waals surface area contributed by atoms with Crippen molar-refractivity contribution in [3.63, 3.8) is 0 Å². The summed E-state index contributed by atoms with van der Waals surface area (Å²) in [6.07, 6.45) is 1.21. The number of alkyl halides is 1. The molecule has 0 aliphatic carbocycles. The maximum absolute atomic E-state index is 14.2. The quantitative estimate of drug-likeness (QED) is 0.569. The van der Waals surface area contributed by atoms with E-state index in [9.17, 15) is 14.0 Å². The fraction of sp³-hybridized carbons (Fsp3) is 0.529. The van der Waals surface area contributed by atoms with Crippen molar-refractivity contribution in [3.05, 3.63) is 35.1 Å². The highest BCUT2D eigenvalue weighted by Crippen LogP contribution is 2.34. The number of rotatable bonds is 3. The van der Waals surface area contributed by atoms with Gasteiger partial charge in [0.2, 0.25) is 0 Å². The number of ketones is 1. The molecule has 126 valence electrons. The van der Waals surface area contributed by atoms with Crippen LogP contribution in [-0.2, 0) is 4.74 Å². The van der Waals surface area contributed by atoms with Gasteiger partial charge in [-0.15, -0.1) is 0 Å². The van der Waals surface area contributed by atoms with Crippen molar-refractivity contribution in [2.75, 3.05) is 11.9 Å². The molecule has 23 heavy (non-hydrogen) atoms. The minimum atomic E-state index is -0.568. The molecule has 1 fully saturated rings. The molecule has 1 aliphatic heterocycles. The van der Waals surface area contributed by atoms with E-state index in [0.29, 0.717) is 12.1 Å². The highest BCUT2D eigenvalue weighted by atomic mass is 79.9. The number of ether oxygens (including phenoxy) is 1. The van der Waals surface area contributed by atoms with E-state index in [1.54, 1.807) is 11.0 Å². The molecule has 1 aromatic rings. The first-order chi connectivity index (χ1) is 10.7. The lowest BCUT2D eigenvalue weighted by atomic mass is 10.0. The van der Waals surface area contributed by atoms with Gasteiger partial charge in [0.1, 0.15) is 11.4 Å². The lowest BCUT2D eigenvalue weighted by Gasteiger charge is -2.29. The predicted octanol–water partition coefficient (Wildman–Crippen LogP) is 4.48. The Morgan fingerprint density at radius 1 is 1.39 bits per heavy atom. The van der Waals surface area contributed by atoms with Crippen LogP contribution >= 0.6 is 15.9 Å². The van der Waals surface area contributed by atoms with Crippen LogP contribution in [0.2, 0.25) is 0 Å². The van der Waals surface area contributed by atoms with E-state index in [2.05, 4.69) is 15.9 Å². The molecule has 1 aliphatic rings. The second-order valence-electron chi connectivity index (χ2n) is 6.63. The molecule has 1 saturated heterocycles. The summed E-state index contributed by atoms with van der Waals surface area (Å²) < 4.78 is 19.6. The van der Waals surface area contributed by atoms with Gasteiger partial charge >= 0.3 is 6.09 Å². The molecule has 2 rings (SSSR count). The molecule has 6 heteroatoms. The Labute approximate surface area is 144 Å². The number of carbonyl (C=O) groups excluding carboxylic acids is 2. The Bertz CT molecular complexity index is 612. The third-order valence-electron chi connectivity index (χ3n) is 3.68. The average Bonchev–Trinajstić information content (AvgIpc) is 2.94. The Hall–Kier alpha value is -1.43. The fourth-order valence-electron chi connectivity index (χ4n) is 2.69. The molecule has 0 saturated carbocycles. The zero-order valence-electron chi connectivity index (χ0n) is 13.6. The third-order valence-corrected chi connectivity index (χ3v) is 4.19. The molecule has 0 radical (unpaired) electrons. The SMILES string of the molecule is CC(C)(C)OC(=O)N1CCC[C@H]1c1ccc(C(=O)CBr)c(F)c1. The minimum Gasteiger partial charge on any atom is -0.444 e. The molecular formula is C17H21BrFNO3. The van der Waals surface area contributed by atoms with E-state index in [1.807, 2.05) is 20.8 Å². The number of nitrogens with zero attached hydrogens (tertiary/aromatic N) is 1. The first-order valence-electron chi connectivity index (χ1n) is 7.61. The maximum Gasteiger partial charge on any atom is 0.410 e. The van der Waals surface area contributed by atoms with Crippen LogP contribution in [0.25, 0.3) is 0 Å². The normalized spacial score (nSPS) is 18.1. The maximum atomic E-state index is 14.2. The summed E-state index contributed by atoms with van der Waals surface area (Å²) in [5.41, 5.74) is 0.186. The number of hydrogen-bond donors (Lipinski definition) is 0. The van der Waals surface area contributed by atoms with Crippen LogP contribution in [-0.4, -0.2) is 34.3 Å². The molecule has 1 heterocycles. The summed E-state index contributed by atoms with van der Waals surface area (Å²) >= 11 is 3.04. The summed E-state index contributed by atoms with van der Waals surface area (Å²) in [5, 5.41) is 0.0801. The molecule has 1 aromatic carbocycles. The van der Waals surface area contributed by atoms with Gasteiger partial charge in [-0.05, 0) is 51.3 Å². The third kappa shape index (κ3) is 4.31. The predicted molar refractivity (Wildman–Crippen MR) is 89.4 cm³/mol. The van der Waals surface area contributed by atoms with Crippen LogP contribution in [0, 0.1) is 5.82 Å². The van der Waals surface area contributed by atoms with Gasteiger partial charge < -0.3 is 9.64 Å². The van der Waals surface area contributed by atoms with Crippen molar-refractivity contribution in [1.82, 2.24) is 4.90 Å². The van der Waals surface area contributed by atoms with Crippen molar-refractivity contribution >= 4 is 27.8 Å². The molecule has 1 amide bonds. The second kappa shape index (κ2) is 6.99. The van der Waals surface area contributed by atoms with Gasteiger partial charge in [0.15, 0.2) is 5.78 Å². The van der Waals surface area contributed by atoms with Crippen molar-refractivity contribution < 1.29 is 18.7 Å². The molecule has 0 spiro atoms. The topological polar surface area (TPSA) is 46.6 Å². The van der Waals surface area contributed by atoms with Crippen LogP contribution in [0.15, 0.2) is 18.2 Å². The molecule has 0 N–H and O–H groups in total. The number of carbonyl (C=O) groups is 2. The summed E-state index contributed by atoms with van der Waals surface area (Å²) in [7, 11) is 0. The van der Waals surface area contributed by atoms with Gasteiger partial charge in [0.05, 0.1) is 16.9 Å². The fourth-order valence-corrected chi connectivity index (χ4v) is 2.99. The van der Waals surface area contributed by atoms with Crippen molar-refractivity contribution in [3.8, 4) is 0 Å². The molecule has 4 nitrogen and oxygen atoms in total. The molecular weight excluding hydrogens is 365 g/mol. The van der Waals surface area contributed by atoms with E-state index in [0.717, 1.165) is 12.8 Å². The van der Waals surface area contributed by atoms with E-state index in [-0.39, 0.29) is 28.8 Å². The summed E-state index contributed by atoms with van der Waals surface area (Å²) in [6, 6.07) is 4.34. The Morgan fingerprint density at radius 2 is 2.09 bits per heavy atom. The van der Waals surface area contributed by atoms with Gasteiger partial charge in [-0.3, -0.25) is 4.79 Å². The lowest BCUT2D eigenvalue weighted by Crippen LogP contribution is -2.36. The zero-order chi connectivity index (χ0) is 17.2. The van der Waals surface area contributed by atoms with E-state index >= 15 is 0 Å². The lowest BCUT2D eigenvalue weighted by molar-refractivity contribution is 0.0224. The number of benzene rings is 1. The van der Waals surface area contributed by atoms with E-state index in [4.69, 9.17) is 4.74 Å². The van der Waals surface area contributed by atoms with Crippen LogP contribution in [0.1, 0.15) is 55.6 Å². The summed E-state index contributed by atoms with van der Waals surface area (Å²) in [6.45, 7) is 6.03. The highest BCUT2D eigenvalue weighted by molar-refractivity contribution is 9.09. The summed E-state index contributed by atoms with van der Waals surface area (Å²) in [4.78, 5) is 25.6. The van der Waals surface area contributed by atoms with E-state index < -0.39 is 11.4 Å².